The van der Waals surface area contributed by atoms with E-state index >= 15 is 0 Å². The first-order valence-corrected chi connectivity index (χ1v) is 13.0. The van der Waals surface area contributed by atoms with Gasteiger partial charge < -0.3 is 24.9 Å². The number of amides is 1. The molecule has 3 heterocycles. The number of carbonyl (C=O) groups is 3. The van der Waals surface area contributed by atoms with Gasteiger partial charge in [-0.05, 0) is 68.0 Å². The maximum Gasteiger partial charge on any atom is 0.328 e. The van der Waals surface area contributed by atoms with Gasteiger partial charge in [0.05, 0.1) is 0 Å². The number of aryl methyl sites for hydroxylation is 1. The molecule has 0 bridgehead atoms. The number of anilines is 1. The number of fused-ring (bicyclic) bond motifs is 2. The van der Waals surface area contributed by atoms with Gasteiger partial charge in [-0.3, -0.25) is 4.79 Å². The molecule has 2 N–H and O–H groups in total. The molecule has 0 unspecified atom stereocenters. The second-order valence-corrected chi connectivity index (χ2v) is 9.86. The zero-order valence-corrected chi connectivity index (χ0v) is 21.1. The highest BCUT2D eigenvalue weighted by molar-refractivity contribution is 5.98. The Hall–Kier alpha value is -3.65. The number of nitrogens with zero attached hydrogens (tertiary/aromatic N) is 3. The van der Waals surface area contributed by atoms with Gasteiger partial charge in [-0.2, -0.15) is 0 Å². The van der Waals surface area contributed by atoms with Crippen molar-refractivity contribution in [2.75, 3.05) is 44.2 Å². The Labute approximate surface area is 217 Å². The molecule has 3 aliphatic rings. The summed E-state index contributed by atoms with van der Waals surface area (Å²) >= 11 is 0. The molecule has 0 aliphatic carbocycles. The van der Waals surface area contributed by atoms with Crippen molar-refractivity contribution in [1.29, 1.82) is 0 Å². The highest BCUT2D eigenvalue weighted by Gasteiger charge is 2.30. The summed E-state index contributed by atoms with van der Waals surface area (Å²) in [7, 11) is 0. The smallest absolute Gasteiger partial charge is 0.328 e. The minimum atomic E-state index is -1.26. The van der Waals surface area contributed by atoms with Crippen LogP contribution in [0.4, 0.5) is 5.69 Å². The standard InChI is InChI=1S/C25H31N3O.C4H4O4/c29-25-23-9-3-1-7-22(23)19-28(25)18-20-11-14-26(15-12-20)16-17-27-13-5-8-21-6-2-4-10-24(21)27;5-3(6)1-2-4(7)8/h1-4,6-7,9-10,20H,5,8,11-19H2;1-2H,(H,5,6)(H,7,8)/b;2-1+. The van der Waals surface area contributed by atoms with Crippen LogP contribution in [-0.2, 0) is 22.6 Å². The van der Waals surface area contributed by atoms with E-state index in [0.717, 1.165) is 44.8 Å². The Morgan fingerprint density at radius 3 is 2.16 bits per heavy atom. The summed E-state index contributed by atoms with van der Waals surface area (Å²) in [6.45, 7) is 7.50. The van der Waals surface area contributed by atoms with Crippen molar-refractivity contribution >= 4 is 23.5 Å². The number of hydrogen-bond acceptors (Lipinski definition) is 5. The third kappa shape index (κ3) is 7.20. The van der Waals surface area contributed by atoms with Gasteiger partial charge in [0.15, 0.2) is 0 Å². The second kappa shape index (κ2) is 12.5. The number of aliphatic carboxylic acids is 2. The lowest BCUT2D eigenvalue weighted by molar-refractivity contribution is -0.134. The first kappa shape index (κ1) is 26.4. The molecule has 8 nitrogen and oxygen atoms in total. The van der Waals surface area contributed by atoms with E-state index in [1.807, 2.05) is 18.2 Å². The van der Waals surface area contributed by atoms with Crippen LogP contribution in [0.3, 0.4) is 0 Å². The lowest BCUT2D eigenvalue weighted by atomic mass is 9.96. The Bertz CT molecular complexity index is 1120. The number of rotatable bonds is 7. The molecule has 0 radical (unpaired) electrons. The number of para-hydroxylation sites is 1. The van der Waals surface area contributed by atoms with E-state index in [1.54, 1.807) is 0 Å². The van der Waals surface area contributed by atoms with Crippen LogP contribution in [0.5, 0.6) is 0 Å². The number of benzene rings is 2. The summed E-state index contributed by atoms with van der Waals surface area (Å²) in [5, 5.41) is 15.6. The van der Waals surface area contributed by atoms with E-state index in [9.17, 15) is 14.4 Å². The van der Waals surface area contributed by atoms with Crippen LogP contribution >= 0.6 is 0 Å². The molecular formula is C29H35N3O5. The largest absolute Gasteiger partial charge is 0.478 e. The molecule has 5 rings (SSSR count). The fraction of sp³-hybridized carbons (Fsp3) is 0.414. The summed E-state index contributed by atoms with van der Waals surface area (Å²) in [5.41, 5.74) is 5.05. The first-order valence-electron chi connectivity index (χ1n) is 13.0. The van der Waals surface area contributed by atoms with Gasteiger partial charge >= 0.3 is 11.9 Å². The van der Waals surface area contributed by atoms with Crippen LogP contribution in [0.25, 0.3) is 0 Å². The Morgan fingerprint density at radius 2 is 1.49 bits per heavy atom. The average molecular weight is 506 g/mol. The normalized spacial score (nSPS) is 17.8. The fourth-order valence-corrected chi connectivity index (χ4v) is 5.41. The van der Waals surface area contributed by atoms with Gasteiger partial charge in [0.2, 0.25) is 0 Å². The van der Waals surface area contributed by atoms with E-state index < -0.39 is 11.9 Å². The van der Waals surface area contributed by atoms with E-state index in [-0.39, 0.29) is 5.91 Å². The first-order chi connectivity index (χ1) is 17.9. The van der Waals surface area contributed by atoms with Crippen molar-refractivity contribution < 1.29 is 24.6 Å². The van der Waals surface area contributed by atoms with E-state index in [1.165, 1.54) is 49.0 Å². The summed E-state index contributed by atoms with van der Waals surface area (Å²) in [4.78, 5) is 39.0. The lowest BCUT2D eigenvalue weighted by Crippen LogP contribution is -2.43. The number of hydrogen-bond donors (Lipinski definition) is 2. The van der Waals surface area contributed by atoms with Gasteiger partial charge in [0, 0.05) is 56.1 Å². The summed E-state index contributed by atoms with van der Waals surface area (Å²) in [5.74, 6) is -1.65. The quantitative estimate of drug-likeness (QED) is 0.555. The summed E-state index contributed by atoms with van der Waals surface area (Å²) in [6, 6.07) is 17.0. The Morgan fingerprint density at radius 1 is 0.838 bits per heavy atom. The topological polar surface area (TPSA) is 101 Å². The van der Waals surface area contributed by atoms with Crippen LogP contribution in [0.1, 0.15) is 40.7 Å². The molecule has 0 saturated carbocycles. The van der Waals surface area contributed by atoms with Crippen molar-refractivity contribution in [1.82, 2.24) is 9.80 Å². The van der Waals surface area contributed by atoms with Gasteiger partial charge in [-0.1, -0.05) is 36.4 Å². The van der Waals surface area contributed by atoms with Gasteiger partial charge in [0.1, 0.15) is 0 Å². The van der Waals surface area contributed by atoms with Crippen LogP contribution in [0.2, 0.25) is 0 Å². The number of likely N-dealkylation sites (tertiary alicyclic amines) is 1. The van der Waals surface area contributed by atoms with Crippen molar-refractivity contribution in [2.45, 2.75) is 32.2 Å². The van der Waals surface area contributed by atoms with Crippen LogP contribution < -0.4 is 4.90 Å². The molecule has 37 heavy (non-hydrogen) atoms. The zero-order chi connectivity index (χ0) is 26.2. The van der Waals surface area contributed by atoms with Crippen LogP contribution in [0.15, 0.2) is 60.7 Å². The molecule has 8 heteroatoms. The Balaban J connectivity index is 0.000000349. The number of carbonyl (C=O) groups excluding carboxylic acids is 1. The molecule has 2 aromatic carbocycles. The zero-order valence-electron chi connectivity index (χ0n) is 21.1. The fourth-order valence-electron chi connectivity index (χ4n) is 5.41. The monoisotopic (exact) mass is 505 g/mol. The highest BCUT2D eigenvalue weighted by atomic mass is 16.4. The van der Waals surface area contributed by atoms with E-state index in [2.05, 4.69) is 45.0 Å². The molecule has 1 saturated heterocycles. The van der Waals surface area contributed by atoms with Crippen LogP contribution in [-0.4, -0.2) is 77.1 Å². The molecule has 0 atom stereocenters. The molecule has 196 valence electrons. The second-order valence-electron chi connectivity index (χ2n) is 9.86. The minimum absolute atomic E-state index is 0.229. The van der Waals surface area contributed by atoms with Gasteiger partial charge in [-0.25, -0.2) is 9.59 Å². The summed E-state index contributed by atoms with van der Waals surface area (Å²) < 4.78 is 0. The van der Waals surface area contributed by atoms with Gasteiger partial charge in [-0.15, -0.1) is 0 Å². The molecule has 3 aliphatic heterocycles. The van der Waals surface area contributed by atoms with E-state index in [4.69, 9.17) is 10.2 Å². The lowest BCUT2D eigenvalue weighted by Gasteiger charge is -2.37. The SMILES string of the molecule is O=C(O)/C=C/C(=O)O.O=C1c2ccccc2CN1CC1CCN(CCN2CCCc3ccccc32)CC1. The maximum absolute atomic E-state index is 12.6. The van der Waals surface area contributed by atoms with Crippen molar-refractivity contribution in [3.63, 3.8) is 0 Å². The summed E-state index contributed by atoms with van der Waals surface area (Å²) in [6.07, 6.45) is 6.01. The van der Waals surface area contributed by atoms with Crippen molar-refractivity contribution in [3.05, 3.63) is 77.4 Å². The minimum Gasteiger partial charge on any atom is -0.478 e. The molecule has 1 amide bonds. The van der Waals surface area contributed by atoms with Crippen LogP contribution in [0, 0.1) is 5.92 Å². The number of carboxylic acid groups (broad SMARTS) is 2. The molecule has 0 spiro atoms. The number of piperidine rings is 1. The third-order valence-corrected chi connectivity index (χ3v) is 7.34. The molecule has 0 aromatic heterocycles. The van der Waals surface area contributed by atoms with Gasteiger partial charge in [0.25, 0.3) is 5.91 Å². The molecular weight excluding hydrogens is 470 g/mol. The van der Waals surface area contributed by atoms with Crippen molar-refractivity contribution in [2.24, 2.45) is 5.92 Å². The molecule has 1 fully saturated rings. The molecule has 2 aromatic rings. The van der Waals surface area contributed by atoms with E-state index in [0.29, 0.717) is 18.1 Å². The third-order valence-electron chi connectivity index (χ3n) is 7.34. The predicted molar refractivity (Wildman–Crippen MR) is 142 cm³/mol. The maximum atomic E-state index is 12.6. The average Bonchev–Trinajstić information content (AvgIpc) is 3.22. The van der Waals surface area contributed by atoms with Crippen molar-refractivity contribution in [3.8, 4) is 0 Å². The number of carboxylic acids is 2. The Kier molecular flexibility index (Phi) is 8.95. The predicted octanol–water partition coefficient (Wildman–Crippen LogP) is 3.52. The highest BCUT2D eigenvalue weighted by Crippen LogP contribution is 2.28.